The van der Waals surface area contributed by atoms with Crippen LogP contribution in [0.25, 0.3) is 11.3 Å². The molecule has 0 saturated heterocycles. The van der Waals surface area contributed by atoms with Crippen molar-refractivity contribution in [3.05, 3.63) is 137 Å². The van der Waals surface area contributed by atoms with E-state index in [9.17, 15) is 4.79 Å². The molecule has 6 heteroatoms. The van der Waals surface area contributed by atoms with Crippen LogP contribution in [0.4, 0.5) is 0 Å². The van der Waals surface area contributed by atoms with Gasteiger partial charge in [0.2, 0.25) is 0 Å². The predicted molar refractivity (Wildman–Crippen MR) is 151 cm³/mol. The predicted octanol–water partition coefficient (Wildman–Crippen LogP) is 6.72. The molecule has 1 unspecified atom stereocenters. The molecule has 6 rings (SSSR count). The zero-order chi connectivity index (χ0) is 26.8. The molecule has 1 amide bonds. The Bertz CT molecular complexity index is 1600. The van der Waals surface area contributed by atoms with Gasteiger partial charge in [-0.2, -0.15) is 5.10 Å². The highest BCUT2D eigenvalue weighted by Gasteiger charge is 2.42. The zero-order valence-electron chi connectivity index (χ0n) is 21.9. The number of methoxy groups -OCH3 is 1. The van der Waals surface area contributed by atoms with Crippen LogP contribution in [0, 0.1) is 6.92 Å². The van der Waals surface area contributed by atoms with E-state index >= 15 is 0 Å². The molecule has 1 aromatic heterocycles. The summed E-state index contributed by atoms with van der Waals surface area (Å²) in [6.07, 6.45) is 0. The van der Waals surface area contributed by atoms with Crippen molar-refractivity contribution < 1.29 is 14.3 Å². The Hall–Kier alpha value is -4.84. The maximum atomic E-state index is 13.8. The maximum Gasteiger partial charge on any atom is 0.273 e. The van der Waals surface area contributed by atoms with E-state index in [-0.39, 0.29) is 11.9 Å². The number of aromatic nitrogens is 2. The normalized spacial score (nSPS) is 14.4. The lowest BCUT2D eigenvalue weighted by atomic mass is 9.95. The Morgan fingerprint density at radius 2 is 1.54 bits per heavy atom. The highest BCUT2D eigenvalue weighted by atomic mass is 16.5. The van der Waals surface area contributed by atoms with Crippen molar-refractivity contribution in [3.8, 4) is 22.8 Å². The first-order chi connectivity index (χ1) is 19.1. The number of aromatic amines is 1. The first kappa shape index (κ1) is 24.5. The molecule has 1 aliphatic rings. The van der Waals surface area contributed by atoms with Crippen molar-refractivity contribution in [2.24, 2.45) is 0 Å². The lowest BCUT2D eigenvalue weighted by Gasteiger charge is -2.27. The smallest absolute Gasteiger partial charge is 0.273 e. The van der Waals surface area contributed by atoms with E-state index < -0.39 is 0 Å². The summed E-state index contributed by atoms with van der Waals surface area (Å²) in [5.74, 6) is 1.19. The Labute approximate surface area is 227 Å². The third-order valence-electron chi connectivity index (χ3n) is 7.13. The molecule has 6 nitrogen and oxygen atoms in total. The van der Waals surface area contributed by atoms with Crippen LogP contribution in [0.1, 0.15) is 44.3 Å². The van der Waals surface area contributed by atoms with Crippen molar-refractivity contribution >= 4 is 5.91 Å². The highest BCUT2D eigenvalue weighted by Crippen LogP contribution is 2.45. The van der Waals surface area contributed by atoms with Gasteiger partial charge in [-0.15, -0.1) is 0 Å². The minimum atomic E-state index is -0.347. The lowest BCUT2D eigenvalue weighted by molar-refractivity contribution is 0.0730. The fourth-order valence-corrected chi connectivity index (χ4v) is 5.13. The van der Waals surface area contributed by atoms with E-state index in [0.29, 0.717) is 30.3 Å². The number of amides is 1. The third-order valence-corrected chi connectivity index (χ3v) is 7.13. The van der Waals surface area contributed by atoms with Gasteiger partial charge in [-0.1, -0.05) is 96.6 Å². The second-order valence-electron chi connectivity index (χ2n) is 9.73. The number of aryl methyl sites for hydroxylation is 1. The van der Waals surface area contributed by atoms with Gasteiger partial charge in [-0.05, 0) is 35.7 Å². The van der Waals surface area contributed by atoms with Crippen LogP contribution >= 0.6 is 0 Å². The van der Waals surface area contributed by atoms with Gasteiger partial charge in [0, 0.05) is 17.7 Å². The molecule has 5 aromatic rings. The standard InChI is InChI=1S/C33H29N3O3/c1-22-13-15-25(16-14-22)30-29-31(35-34-30)33(37)36(20-23-9-5-3-6-10-23)32(29)26-17-18-27(28(19-26)38-2)39-21-24-11-7-4-8-12-24/h3-19,32H,20-21H2,1-2H3,(H,34,35). The lowest BCUT2D eigenvalue weighted by Crippen LogP contribution is -2.29. The van der Waals surface area contributed by atoms with Gasteiger partial charge in [0.15, 0.2) is 11.5 Å². The molecule has 1 N–H and O–H groups in total. The second-order valence-corrected chi connectivity index (χ2v) is 9.73. The van der Waals surface area contributed by atoms with E-state index in [4.69, 9.17) is 9.47 Å². The summed E-state index contributed by atoms with van der Waals surface area (Å²) in [6, 6.07) is 33.8. The van der Waals surface area contributed by atoms with Crippen molar-refractivity contribution in [1.82, 2.24) is 15.1 Å². The zero-order valence-corrected chi connectivity index (χ0v) is 21.9. The van der Waals surface area contributed by atoms with Crippen LogP contribution in [0.2, 0.25) is 0 Å². The number of hydrogen-bond donors (Lipinski definition) is 1. The monoisotopic (exact) mass is 515 g/mol. The van der Waals surface area contributed by atoms with E-state index in [2.05, 4.69) is 29.3 Å². The number of H-pyrrole nitrogens is 1. The summed E-state index contributed by atoms with van der Waals surface area (Å²) in [5.41, 5.74) is 7.37. The summed E-state index contributed by atoms with van der Waals surface area (Å²) >= 11 is 0. The summed E-state index contributed by atoms with van der Waals surface area (Å²) in [7, 11) is 1.64. The van der Waals surface area contributed by atoms with Crippen LogP contribution < -0.4 is 9.47 Å². The molecular formula is C33H29N3O3. The van der Waals surface area contributed by atoms with Gasteiger partial charge in [-0.3, -0.25) is 9.89 Å². The van der Waals surface area contributed by atoms with Gasteiger partial charge < -0.3 is 14.4 Å². The Morgan fingerprint density at radius 1 is 0.846 bits per heavy atom. The molecule has 0 bridgehead atoms. The van der Waals surface area contributed by atoms with Crippen LogP contribution in [0.5, 0.6) is 11.5 Å². The van der Waals surface area contributed by atoms with Gasteiger partial charge in [0.05, 0.1) is 18.8 Å². The van der Waals surface area contributed by atoms with Crippen molar-refractivity contribution in [2.75, 3.05) is 7.11 Å². The molecule has 0 fully saturated rings. The van der Waals surface area contributed by atoms with Crippen molar-refractivity contribution in [3.63, 3.8) is 0 Å². The van der Waals surface area contributed by atoms with E-state index in [0.717, 1.165) is 33.5 Å². The van der Waals surface area contributed by atoms with Crippen molar-refractivity contribution in [1.29, 1.82) is 0 Å². The Balaban J connectivity index is 1.41. The molecule has 194 valence electrons. The summed E-state index contributed by atoms with van der Waals surface area (Å²) in [6.45, 7) is 2.96. The number of benzene rings is 4. The van der Waals surface area contributed by atoms with Gasteiger partial charge >= 0.3 is 0 Å². The van der Waals surface area contributed by atoms with Crippen LogP contribution in [0.15, 0.2) is 103 Å². The number of carbonyl (C=O) groups is 1. The van der Waals surface area contributed by atoms with E-state index in [1.165, 1.54) is 5.56 Å². The Morgan fingerprint density at radius 3 is 2.23 bits per heavy atom. The van der Waals surface area contributed by atoms with E-state index in [1.54, 1.807) is 7.11 Å². The van der Waals surface area contributed by atoms with E-state index in [1.807, 2.05) is 95.9 Å². The number of nitrogens with zero attached hydrogens (tertiary/aromatic N) is 2. The first-order valence-corrected chi connectivity index (χ1v) is 13.0. The average molecular weight is 516 g/mol. The largest absolute Gasteiger partial charge is 0.493 e. The van der Waals surface area contributed by atoms with Crippen LogP contribution in [0.3, 0.4) is 0 Å². The Kier molecular flexibility index (Phi) is 6.59. The topological polar surface area (TPSA) is 67.5 Å². The first-order valence-electron chi connectivity index (χ1n) is 13.0. The number of nitrogens with one attached hydrogen (secondary N) is 1. The fraction of sp³-hybridized carbons (Fsp3) is 0.152. The third kappa shape index (κ3) is 4.77. The molecule has 1 aliphatic heterocycles. The SMILES string of the molecule is COc1cc(C2c3c(-c4ccc(C)cc4)n[nH]c3C(=O)N2Cc2ccccc2)ccc1OCc1ccccc1. The fourth-order valence-electron chi connectivity index (χ4n) is 5.13. The number of hydrogen-bond acceptors (Lipinski definition) is 4. The number of fused-ring (bicyclic) bond motifs is 1. The highest BCUT2D eigenvalue weighted by molar-refractivity contribution is 6.00. The van der Waals surface area contributed by atoms with Gasteiger partial charge in [0.25, 0.3) is 5.91 Å². The summed E-state index contributed by atoms with van der Waals surface area (Å²) < 4.78 is 11.9. The molecule has 0 radical (unpaired) electrons. The molecule has 0 saturated carbocycles. The van der Waals surface area contributed by atoms with Crippen LogP contribution in [-0.4, -0.2) is 28.1 Å². The average Bonchev–Trinajstić information content (AvgIpc) is 3.52. The van der Waals surface area contributed by atoms with Crippen LogP contribution in [-0.2, 0) is 13.2 Å². The molecule has 0 spiro atoms. The quantitative estimate of drug-likeness (QED) is 0.249. The minimum Gasteiger partial charge on any atom is -0.493 e. The summed E-state index contributed by atoms with van der Waals surface area (Å²) in [5, 5.41) is 7.65. The number of carbonyl (C=O) groups excluding carboxylic acids is 1. The van der Waals surface area contributed by atoms with Crippen molar-refractivity contribution in [2.45, 2.75) is 26.1 Å². The van der Waals surface area contributed by atoms with Gasteiger partial charge in [-0.25, -0.2) is 0 Å². The molecule has 4 aromatic carbocycles. The minimum absolute atomic E-state index is 0.0758. The number of rotatable bonds is 8. The molecule has 1 atom stereocenters. The molecule has 39 heavy (non-hydrogen) atoms. The second kappa shape index (κ2) is 10.5. The molecular weight excluding hydrogens is 486 g/mol. The maximum absolute atomic E-state index is 13.8. The molecule has 0 aliphatic carbocycles. The van der Waals surface area contributed by atoms with Gasteiger partial charge in [0.1, 0.15) is 12.3 Å². The summed E-state index contributed by atoms with van der Waals surface area (Å²) in [4.78, 5) is 15.7. The number of ether oxygens (including phenoxy) is 2. The molecule has 2 heterocycles.